The van der Waals surface area contributed by atoms with E-state index in [4.69, 9.17) is 5.73 Å². The Kier molecular flexibility index (Phi) is 3.97. The third kappa shape index (κ3) is 2.95. The quantitative estimate of drug-likeness (QED) is 0.907. The Hall–Kier alpha value is -1.43. The molecule has 2 heterocycles. The summed E-state index contributed by atoms with van der Waals surface area (Å²) in [6.45, 7) is 5.55. The van der Waals surface area contributed by atoms with Gasteiger partial charge >= 0.3 is 0 Å². The molecule has 0 spiro atoms. The normalized spacial score (nSPS) is 21.8. The first-order valence-corrected chi connectivity index (χ1v) is 8.01. The molecular weight excluding hydrogens is 266 g/mol. The Labute approximate surface area is 125 Å². The number of carbonyl (C=O) groups is 1. The van der Waals surface area contributed by atoms with Crippen LogP contribution in [0.25, 0.3) is 0 Å². The van der Waals surface area contributed by atoms with Crippen LogP contribution in [0.5, 0.6) is 0 Å². The summed E-state index contributed by atoms with van der Waals surface area (Å²) in [6, 6.07) is 0.237. The number of piperidine rings is 1. The van der Waals surface area contributed by atoms with Crippen LogP contribution in [0, 0.1) is 5.92 Å². The van der Waals surface area contributed by atoms with E-state index in [1.165, 1.54) is 12.8 Å². The van der Waals surface area contributed by atoms with Gasteiger partial charge in [-0.05, 0) is 31.6 Å². The van der Waals surface area contributed by atoms with Crippen LogP contribution in [0.3, 0.4) is 0 Å². The van der Waals surface area contributed by atoms with Crippen molar-refractivity contribution < 1.29 is 4.79 Å². The highest BCUT2D eigenvalue weighted by Crippen LogP contribution is 2.38. The lowest BCUT2D eigenvalue weighted by Gasteiger charge is -2.34. The van der Waals surface area contributed by atoms with Gasteiger partial charge in [-0.15, -0.1) is 10.2 Å². The van der Waals surface area contributed by atoms with Crippen LogP contribution in [-0.4, -0.2) is 44.7 Å². The fourth-order valence-electron chi connectivity index (χ4n) is 3.03. The number of rotatable bonds is 4. The maximum atomic E-state index is 12.3. The minimum atomic E-state index is -0.378. The van der Waals surface area contributed by atoms with Gasteiger partial charge in [-0.25, -0.2) is 0 Å². The molecule has 6 nitrogen and oxygen atoms in total. The summed E-state index contributed by atoms with van der Waals surface area (Å²) in [5.74, 6) is 1.81. The Morgan fingerprint density at radius 2 is 1.95 bits per heavy atom. The Morgan fingerprint density at radius 3 is 2.52 bits per heavy atom. The number of hydrogen-bond acceptors (Lipinski definition) is 4. The Balaban J connectivity index is 1.60. The van der Waals surface area contributed by atoms with Gasteiger partial charge in [0.15, 0.2) is 0 Å². The van der Waals surface area contributed by atoms with Crippen LogP contribution in [-0.2, 0) is 4.79 Å². The molecule has 1 aromatic heterocycles. The average molecular weight is 291 g/mol. The van der Waals surface area contributed by atoms with Crippen molar-refractivity contribution in [3.63, 3.8) is 0 Å². The highest BCUT2D eigenvalue weighted by molar-refractivity contribution is 5.82. The SMILES string of the molecule is CC(C)[C@H](N)C(=O)N1CCC(c2nncn2C2CC2)CC1. The molecule has 0 aromatic carbocycles. The van der Waals surface area contributed by atoms with E-state index >= 15 is 0 Å². The zero-order chi connectivity index (χ0) is 15.0. The Bertz CT molecular complexity index is 500. The molecule has 0 radical (unpaired) electrons. The van der Waals surface area contributed by atoms with Crippen molar-refractivity contribution in [2.24, 2.45) is 11.7 Å². The molecule has 1 aliphatic heterocycles. The molecule has 0 bridgehead atoms. The monoisotopic (exact) mass is 291 g/mol. The zero-order valence-corrected chi connectivity index (χ0v) is 12.9. The summed E-state index contributed by atoms with van der Waals surface area (Å²) in [5.41, 5.74) is 5.97. The molecule has 2 aliphatic rings. The van der Waals surface area contributed by atoms with Crippen LogP contribution < -0.4 is 5.73 Å². The Morgan fingerprint density at radius 1 is 1.29 bits per heavy atom. The van der Waals surface area contributed by atoms with E-state index in [-0.39, 0.29) is 17.9 Å². The smallest absolute Gasteiger partial charge is 0.239 e. The molecule has 0 unspecified atom stereocenters. The molecule has 1 saturated heterocycles. The lowest BCUT2D eigenvalue weighted by Crippen LogP contribution is -2.49. The fraction of sp³-hybridized carbons (Fsp3) is 0.800. The van der Waals surface area contributed by atoms with E-state index in [0.29, 0.717) is 12.0 Å². The molecule has 3 rings (SSSR count). The predicted molar refractivity (Wildman–Crippen MR) is 79.7 cm³/mol. The maximum absolute atomic E-state index is 12.3. The summed E-state index contributed by atoms with van der Waals surface area (Å²) >= 11 is 0. The van der Waals surface area contributed by atoms with Crippen LogP contribution in [0.2, 0.25) is 0 Å². The van der Waals surface area contributed by atoms with Crippen molar-refractivity contribution in [3.05, 3.63) is 12.2 Å². The van der Waals surface area contributed by atoms with Gasteiger partial charge in [0.25, 0.3) is 0 Å². The van der Waals surface area contributed by atoms with Crippen molar-refractivity contribution in [2.45, 2.75) is 57.5 Å². The highest BCUT2D eigenvalue weighted by atomic mass is 16.2. The number of hydrogen-bond donors (Lipinski definition) is 1. The molecule has 2 N–H and O–H groups in total. The molecule has 1 aromatic rings. The van der Waals surface area contributed by atoms with E-state index in [9.17, 15) is 4.79 Å². The van der Waals surface area contributed by atoms with Crippen LogP contribution in [0.1, 0.15) is 57.3 Å². The summed E-state index contributed by atoms with van der Waals surface area (Å²) < 4.78 is 2.24. The van der Waals surface area contributed by atoms with E-state index < -0.39 is 0 Å². The lowest BCUT2D eigenvalue weighted by molar-refractivity contribution is -0.134. The summed E-state index contributed by atoms with van der Waals surface area (Å²) in [4.78, 5) is 14.2. The van der Waals surface area contributed by atoms with E-state index in [1.54, 1.807) is 0 Å². The van der Waals surface area contributed by atoms with Gasteiger partial charge in [-0.1, -0.05) is 13.8 Å². The fourth-order valence-corrected chi connectivity index (χ4v) is 3.03. The van der Waals surface area contributed by atoms with E-state index in [2.05, 4.69) is 14.8 Å². The summed E-state index contributed by atoms with van der Waals surface area (Å²) in [6.07, 6.45) is 6.26. The van der Waals surface area contributed by atoms with Gasteiger partial charge < -0.3 is 15.2 Å². The number of likely N-dealkylation sites (tertiary alicyclic amines) is 1. The third-order valence-electron chi connectivity index (χ3n) is 4.72. The largest absolute Gasteiger partial charge is 0.341 e. The predicted octanol–water partition coefficient (Wildman–Crippen LogP) is 1.30. The second kappa shape index (κ2) is 5.75. The van der Waals surface area contributed by atoms with Gasteiger partial charge in [0.1, 0.15) is 12.2 Å². The van der Waals surface area contributed by atoms with Crippen molar-refractivity contribution in [3.8, 4) is 0 Å². The van der Waals surface area contributed by atoms with Gasteiger partial charge in [0.05, 0.1) is 6.04 Å². The number of nitrogens with zero attached hydrogens (tertiary/aromatic N) is 4. The second-order valence-corrected chi connectivity index (χ2v) is 6.70. The number of aromatic nitrogens is 3. The zero-order valence-electron chi connectivity index (χ0n) is 12.9. The van der Waals surface area contributed by atoms with Crippen molar-refractivity contribution >= 4 is 5.91 Å². The molecular formula is C15H25N5O. The third-order valence-corrected chi connectivity index (χ3v) is 4.72. The number of amides is 1. The minimum Gasteiger partial charge on any atom is -0.341 e. The molecule has 2 fully saturated rings. The van der Waals surface area contributed by atoms with Crippen LogP contribution in [0.4, 0.5) is 0 Å². The standard InChI is InChI=1S/C15H25N5O/c1-10(2)13(16)15(21)19-7-5-11(6-8-19)14-18-17-9-20(14)12-3-4-12/h9-13H,3-8,16H2,1-2H3/t13-/m0/s1. The van der Waals surface area contributed by atoms with E-state index in [0.717, 1.165) is 31.8 Å². The van der Waals surface area contributed by atoms with Crippen LogP contribution in [0.15, 0.2) is 6.33 Å². The lowest BCUT2D eigenvalue weighted by atomic mass is 9.94. The molecule has 1 amide bonds. The second-order valence-electron chi connectivity index (χ2n) is 6.70. The maximum Gasteiger partial charge on any atom is 0.239 e. The first kappa shape index (κ1) is 14.5. The molecule has 116 valence electrons. The number of nitrogens with two attached hydrogens (primary N) is 1. The first-order chi connectivity index (χ1) is 10.1. The number of carbonyl (C=O) groups excluding carboxylic acids is 1. The van der Waals surface area contributed by atoms with E-state index in [1.807, 2.05) is 25.1 Å². The first-order valence-electron chi connectivity index (χ1n) is 8.01. The molecule has 1 aliphatic carbocycles. The van der Waals surface area contributed by atoms with Crippen molar-refractivity contribution in [2.75, 3.05) is 13.1 Å². The molecule has 6 heteroatoms. The molecule has 21 heavy (non-hydrogen) atoms. The summed E-state index contributed by atoms with van der Waals surface area (Å²) in [5, 5.41) is 8.40. The summed E-state index contributed by atoms with van der Waals surface area (Å²) in [7, 11) is 0. The van der Waals surface area contributed by atoms with Gasteiger partial charge in [-0.3, -0.25) is 4.79 Å². The van der Waals surface area contributed by atoms with Gasteiger partial charge in [-0.2, -0.15) is 0 Å². The highest BCUT2D eigenvalue weighted by Gasteiger charge is 2.33. The van der Waals surface area contributed by atoms with Gasteiger partial charge in [0.2, 0.25) is 5.91 Å². The molecule has 1 saturated carbocycles. The van der Waals surface area contributed by atoms with Crippen molar-refractivity contribution in [1.82, 2.24) is 19.7 Å². The topological polar surface area (TPSA) is 77.0 Å². The molecule has 1 atom stereocenters. The van der Waals surface area contributed by atoms with Crippen molar-refractivity contribution in [1.29, 1.82) is 0 Å². The average Bonchev–Trinajstić information content (AvgIpc) is 3.23. The van der Waals surface area contributed by atoms with Gasteiger partial charge in [0, 0.05) is 25.0 Å². The van der Waals surface area contributed by atoms with Crippen LogP contribution >= 0.6 is 0 Å². The minimum absolute atomic E-state index is 0.0899.